The van der Waals surface area contributed by atoms with Gasteiger partial charge in [0.1, 0.15) is 5.82 Å². The zero-order valence-corrected chi connectivity index (χ0v) is 10.2. The van der Waals surface area contributed by atoms with Crippen molar-refractivity contribution in [3.8, 4) is 0 Å². The Morgan fingerprint density at radius 3 is 3.06 bits per heavy atom. The van der Waals surface area contributed by atoms with Crippen molar-refractivity contribution in [1.82, 2.24) is 5.32 Å². The van der Waals surface area contributed by atoms with Gasteiger partial charge in [0.2, 0.25) is 0 Å². The van der Waals surface area contributed by atoms with Gasteiger partial charge in [0.05, 0.1) is 0 Å². The Morgan fingerprint density at radius 2 is 2.38 bits per heavy atom. The van der Waals surface area contributed by atoms with E-state index >= 15 is 0 Å². The van der Waals surface area contributed by atoms with Gasteiger partial charge < -0.3 is 5.32 Å². The summed E-state index contributed by atoms with van der Waals surface area (Å²) in [6.45, 7) is 3.22. The first-order valence-electron chi connectivity index (χ1n) is 5.85. The molecule has 1 aliphatic heterocycles. The van der Waals surface area contributed by atoms with Crippen LogP contribution in [-0.2, 0) is 0 Å². The van der Waals surface area contributed by atoms with Crippen LogP contribution in [0.3, 0.4) is 0 Å². The molecule has 88 valence electrons. The monoisotopic (exact) mass is 241 g/mol. The van der Waals surface area contributed by atoms with Gasteiger partial charge >= 0.3 is 0 Å². The Balaban J connectivity index is 2.07. The van der Waals surface area contributed by atoms with Gasteiger partial charge in [-0.05, 0) is 55.5 Å². The van der Waals surface area contributed by atoms with Crippen molar-refractivity contribution >= 4 is 11.6 Å². The molecule has 1 heterocycles. The molecular weight excluding hydrogens is 225 g/mol. The summed E-state index contributed by atoms with van der Waals surface area (Å²) >= 11 is 6.09. The molecule has 0 aromatic heterocycles. The number of halogens is 2. The summed E-state index contributed by atoms with van der Waals surface area (Å²) in [6, 6.07) is 5.17. The number of hydrogen-bond donors (Lipinski definition) is 1. The summed E-state index contributed by atoms with van der Waals surface area (Å²) in [7, 11) is 0. The Bertz CT molecular complexity index is 361. The summed E-state index contributed by atoms with van der Waals surface area (Å²) in [5.74, 6) is 0.101. The lowest BCUT2D eigenvalue weighted by Crippen LogP contribution is -2.23. The topological polar surface area (TPSA) is 12.0 Å². The molecule has 0 aliphatic carbocycles. The predicted octanol–water partition coefficient (Wildman–Crippen LogP) is 3.72. The summed E-state index contributed by atoms with van der Waals surface area (Å²) in [6.07, 6.45) is 3.49. The normalized spacial score (nSPS) is 22.3. The average Bonchev–Trinajstić information content (AvgIpc) is 2.74. The molecule has 1 N–H and O–H groups in total. The van der Waals surface area contributed by atoms with E-state index < -0.39 is 0 Å². The molecule has 1 aromatic rings. The quantitative estimate of drug-likeness (QED) is 0.851. The third kappa shape index (κ3) is 2.74. The van der Waals surface area contributed by atoms with Crippen molar-refractivity contribution in [2.75, 3.05) is 6.54 Å². The van der Waals surface area contributed by atoms with Crippen LogP contribution in [0.25, 0.3) is 0 Å². The number of hydrogen-bond acceptors (Lipinski definition) is 1. The van der Waals surface area contributed by atoms with Crippen molar-refractivity contribution in [3.63, 3.8) is 0 Å². The first kappa shape index (κ1) is 11.9. The second-order valence-corrected chi connectivity index (χ2v) is 5.00. The van der Waals surface area contributed by atoms with Crippen LogP contribution >= 0.6 is 11.6 Å². The van der Waals surface area contributed by atoms with Crippen LogP contribution in [0.1, 0.15) is 37.7 Å². The van der Waals surface area contributed by atoms with Crippen LogP contribution in [0.15, 0.2) is 18.2 Å². The van der Waals surface area contributed by atoms with Gasteiger partial charge in [-0.25, -0.2) is 4.39 Å². The third-order valence-corrected chi connectivity index (χ3v) is 3.63. The van der Waals surface area contributed by atoms with Crippen LogP contribution in [0.2, 0.25) is 5.02 Å². The standard InChI is InChI=1S/C13H17ClFN/c1-9(7-11-3-2-6-16-11)12-8-10(15)4-5-13(12)14/h4-5,8-9,11,16H,2-3,6-7H2,1H3. The molecule has 2 atom stereocenters. The molecule has 1 saturated heterocycles. The fraction of sp³-hybridized carbons (Fsp3) is 0.538. The molecule has 2 rings (SSSR count). The highest BCUT2D eigenvalue weighted by Gasteiger charge is 2.19. The van der Waals surface area contributed by atoms with E-state index in [2.05, 4.69) is 12.2 Å². The summed E-state index contributed by atoms with van der Waals surface area (Å²) in [5.41, 5.74) is 0.926. The maximum Gasteiger partial charge on any atom is 0.123 e. The van der Waals surface area contributed by atoms with Gasteiger partial charge in [-0.1, -0.05) is 18.5 Å². The van der Waals surface area contributed by atoms with Crippen molar-refractivity contribution < 1.29 is 4.39 Å². The van der Waals surface area contributed by atoms with Gasteiger partial charge in [-0.15, -0.1) is 0 Å². The lowest BCUT2D eigenvalue weighted by Gasteiger charge is -2.18. The lowest BCUT2D eigenvalue weighted by atomic mass is 9.93. The van der Waals surface area contributed by atoms with Crippen LogP contribution < -0.4 is 5.32 Å². The summed E-state index contributed by atoms with van der Waals surface area (Å²) < 4.78 is 13.1. The smallest absolute Gasteiger partial charge is 0.123 e. The van der Waals surface area contributed by atoms with E-state index in [1.807, 2.05) is 0 Å². The van der Waals surface area contributed by atoms with Gasteiger partial charge in [0.15, 0.2) is 0 Å². The molecule has 0 amide bonds. The molecule has 1 aliphatic rings. The summed E-state index contributed by atoms with van der Waals surface area (Å²) in [5, 5.41) is 4.13. The Hall–Kier alpha value is -0.600. The maximum atomic E-state index is 13.1. The van der Waals surface area contributed by atoms with Gasteiger partial charge in [0.25, 0.3) is 0 Å². The molecule has 16 heavy (non-hydrogen) atoms. The fourth-order valence-corrected chi connectivity index (χ4v) is 2.71. The van der Waals surface area contributed by atoms with E-state index in [0.29, 0.717) is 17.0 Å². The molecule has 1 nitrogen and oxygen atoms in total. The fourth-order valence-electron chi connectivity index (χ4n) is 2.40. The molecule has 1 fully saturated rings. The van der Waals surface area contributed by atoms with Crippen LogP contribution in [0.5, 0.6) is 0 Å². The van der Waals surface area contributed by atoms with E-state index in [4.69, 9.17) is 11.6 Å². The van der Waals surface area contributed by atoms with Crippen molar-refractivity contribution in [3.05, 3.63) is 34.6 Å². The third-order valence-electron chi connectivity index (χ3n) is 3.29. The SMILES string of the molecule is CC(CC1CCCN1)c1cc(F)ccc1Cl. The molecule has 0 radical (unpaired) electrons. The molecule has 0 spiro atoms. The Labute approximate surface area is 101 Å². The first-order chi connectivity index (χ1) is 7.66. The van der Waals surface area contributed by atoms with E-state index in [9.17, 15) is 4.39 Å². The molecule has 3 heteroatoms. The van der Waals surface area contributed by atoms with Crippen LogP contribution in [-0.4, -0.2) is 12.6 Å². The van der Waals surface area contributed by atoms with Gasteiger partial charge in [0, 0.05) is 11.1 Å². The largest absolute Gasteiger partial charge is 0.314 e. The average molecular weight is 242 g/mol. The Kier molecular flexibility index (Phi) is 3.82. The zero-order chi connectivity index (χ0) is 11.5. The molecule has 1 aromatic carbocycles. The minimum absolute atomic E-state index is 0.203. The van der Waals surface area contributed by atoms with Gasteiger partial charge in [-0.3, -0.25) is 0 Å². The highest BCUT2D eigenvalue weighted by molar-refractivity contribution is 6.31. The predicted molar refractivity (Wildman–Crippen MR) is 65.5 cm³/mol. The summed E-state index contributed by atoms with van der Waals surface area (Å²) in [4.78, 5) is 0. The second-order valence-electron chi connectivity index (χ2n) is 4.60. The highest BCUT2D eigenvalue weighted by atomic mass is 35.5. The number of nitrogens with one attached hydrogen (secondary N) is 1. The second kappa shape index (κ2) is 5.15. The van der Waals surface area contributed by atoms with E-state index in [1.54, 1.807) is 12.1 Å². The minimum Gasteiger partial charge on any atom is -0.314 e. The molecule has 2 unspecified atom stereocenters. The minimum atomic E-state index is -0.203. The number of rotatable bonds is 3. The lowest BCUT2D eigenvalue weighted by molar-refractivity contribution is 0.508. The van der Waals surface area contributed by atoms with Gasteiger partial charge in [-0.2, -0.15) is 0 Å². The first-order valence-corrected chi connectivity index (χ1v) is 6.23. The molecule has 0 bridgehead atoms. The van der Waals surface area contributed by atoms with Crippen molar-refractivity contribution in [2.45, 2.75) is 38.1 Å². The molecular formula is C13H17ClFN. The van der Waals surface area contributed by atoms with E-state index in [1.165, 1.54) is 18.9 Å². The van der Waals surface area contributed by atoms with Crippen LogP contribution in [0.4, 0.5) is 4.39 Å². The number of benzene rings is 1. The van der Waals surface area contributed by atoms with E-state index in [0.717, 1.165) is 18.5 Å². The zero-order valence-electron chi connectivity index (χ0n) is 9.47. The Morgan fingerprint density at radius 1 is 1.56 bits per heavy atom. The van der Waals surface area contributed by atoms with E-state index in [-0.39, 0.29) is 5.82 Å². The van der Waals surface area contributed by atoms with Crippen LogP contribution in [0, 0.1) is 5.82 Å². The molecule has 0 saturated carbocycles. The van der Waals surface area contributed by atoms with Crippen molar-refractivity contribution in [1.29, 1.82) is 0 Å². The van der Waals surface area contributed by atoms with Crippen molar-refractivity contribution in [2.24, 2.45) is 0 Å². The highest BCUT2D eigenvalue weighted by Crippen LogP contribution is 2.29. The maximum absolute atomic E-state index is 13.1.